The van der Waals surface area contributed by atoms with Crippen LogP contribution in [0.15, 0.2) is 12.2 Å². The number of hydrogen-bond donors (Lipinski definition) is 0. The molecule has 0 amide bonds. The van der Waals surface area contributed by atoms with Crippen molar-refractivity contribution in [2.24, 2.45) is 0 Å². The van der Waals surface area contributed by atoms with Gasteiger partial charge in [0.05, 0.1) is 13.2 Å². The molecule has 3 nitrogen and oxygen atoms in total. The van der Waals surface area contributed by atoms with Crippen molar-refractivity contribution in [1.82, 2.24) is 0 Å². The molecule has 0 saturated carbocycles. The Hall–Kier alpha value is -0.603. The van der Waals surface area contributed by atoms with Gasteiger partial charge in [0.1, 0.15) is 20.8 Å². The molecule has 0 aliphatic carbocycles. The third kappa shape index (κ3) is 6.97. The summed E-state index contributed by atoms with van der Waals surface area (Å²) in [6, 6.07) is 0. The second kappa shape index (κ2) is 6.53. The average Bonchev–Trinajstić information content (AvgIpc) is 2.55. The van der Waals surface area contributed by atoms with Gasteiger partial charge in [-0.2, -0.15) is 0 Å². The highest BCUT2D eigenvalue weighted by Crippen LogP contribution is 2.22. The highest BCUT2D eigenvalue weighted by atomic mass is 28.3. The van der Waals surface area contributed by atoms with Gasteiger partial charge in [-0.1, -0.05) is 37.7 Å². The Balaban J connectivity index is 2.13. The zero-order valence-corrected chi connectivity index (χ0v) is 13.1. The smallest absolute Gasteiger partial charge is 0.163 e. The van der Waals surface area contributed by atoms with Gasteiger partial charge in [-0.25, -0.2) is 0 Å². The van der Waals surface area contributed by atoms with Crippen LogP contribution in [0.4, 0.5) is 0 Å². The van der Waals surface area contributed by atoms with E-state index in [9.17, 15) is 0 Å². The predicted octanol–water partition coefficient (Wildman–Crippen LogP) is 2.59. The third-order valence-electron chi connectivity index (χ3n) is 2.23. The van der Waals surface area contributed by atoms with Crippen LogP contribution in [-0.2, 0) is 14.2 Å². The van der Waals surface area contributed by atoms with Crippen LogP contribution < -0.4 is 0 Å². The zero-order chi connectivity index (χ0) is 13.6. The molecule has 1 heterocycles. The number of rotatable bonds is 4. The topological polar surface area (TPSA) is 27.7 Å². The van der Waals surface area contributed by atoms with Gasteiger partial charge in [0.2, 0.25) is 0 Å². The molecule has 1 aliphatic rings. The number of ether oxygens (including phenoxy) is 3. The van der Waals surface area contributed by atoms with Gasteiger partial charge in [0, 0.05) is 0 Å². The molecule has 0 aromatic carbocycles. The Labute approximate surface area is 112 Å². The molecular weight excluding hydrogens is 244 g/mol. The van der Waals surface area contributed by atoms with Crippen LogP contribution in [0.25, 0.3) is 0 Å². The Bertz CT molecular complexity index is 344. The van der Waals surface area contributed by atoms with Crippen molar-refractivity contribution in [3.05, 3.63) is 12.2 Å². The van der Waals surface area contributed by atoms with E-state index < -0.39 is 13.9 Å². The van der Waals surface area contributed by atoms with Gasteiger partial charge >= 0.3 is 0 Å². The standard InChI is InChI=1S/C14H24O3Si/c1-14(2)16-12-13(17-14)8-6-9-15-10-7-11-18(3,4)5/h6,8,13H,9-10,12H2,1-5H3/b8-6-/t13-/m0/s1. The van der Waals surface area contributed by atoms with E-state index in [-0.39, 0.29) is 6.10 Å². The molecular formula is C14H24O3Si. The average molecular weight is 268 g/mol. The fraction of sp³-hybridized carbons (Fsp3) is 0.714. The normalized spacial score (nSPS) is 23.1. The molecule has 0 bridgehead atoms. The molecule has 1 atom stereocenters. The first-order chi connectivity index (χ1) is 8.29. The van der Waals surface area contributed by atoms with E-state index in [1.807, 2.05) is 26.0 Å². The predicted molar refractivity (Wildman–Crippen MR) is 76.0 cm³/mol. The molecule has 1 aliphatic heterocycles. The first kappa shape index (κ1) is 15.5. The van der Waals surface area contributed by atoms with Gasteiger partial charge in [-0.15, -0.1) is 5.54 Å². The first-order valence-electron chi connectivity index (χ1n) is 6.35. The molecule has 102 valence electrons. The van der Waals surface area contributed by atoms with Crippen molar-refractivity contribution in [1.29, 1.82) is 0 Å². The summed E-state index contributed by atoms with van der Waals surface area (Å²) in [5, 5.41) is 0. The van der Waals surface area contributed by atoms with Crippen molar-refractivity contribution in [3.8, 4) is 11.5 Å². The summed E-state index contributed by atoms with van der Waals surface area (Å²) in [6.45, 7) is 12.2. The monoisotopic (exact) mass is 268 g/mol. The molecule has 1 rings (SSSR count). The van der Waals surface area contributed by atoms with E-state index in [4.69, 9.17) is 14.2 Å². The van der Waals surface area contributed by atoms with Crippen LogP contribution in [0.2, 0.25) is 19.6 Å². The molecule has 18 heavy (non-hydrogen) atoms. The van der Waals surface area contributed by atoms with E-state index >= 15 is 0 Å². The Morgan fingerprint density at radius 2 is 2.11 bits per heavy atom. The van der Waals surface area contributed by atoms with Crippen LogP contribution in [0.5, 0.6) is 0 Å². The zero-order valence-electron chi connectivity index (χ0n) is 12.1. The number of hydrogen-bond acceptors (Lipinski definition) is 3. The molecule has 0 aromatic rings. The molecule has 4 heteroatoms. The minimum absolute atomic E-state index is 0.0386. The highest BCUT2D eigenvalue weighted by molar-refractivity contribution is 6.83. The largest absolute Gasteiger partial charge is 0.365 e. The lowest BCUT2D eigenvalue weighted by atomic mass is 10.3. The molecule has 0 aromatic heterocycles. The molecule has 1 fully saturated rings. The van der Waals surface area contributed by atoms with Crippen molar-refractivity contribution in [2.75, 3.05) is 19.8 Å². The Morgan fingerprint density at radius 3 is 2.67 bits per heavy atom. The minimum Gasteiger partial charge on any atom is -0.365 e. The first-order valence-corrected chi connectivity index (χ1v) is 9.85. The van der Waals surface area contributed by atoms with E-state index in [2.05, 4.69) is 31.1 Å². The van der Waals surface area contributed by atoms with E-state index in [0.717, 1.165) is 0 Å². The molecule has 0 N–H and O–H groups in total. The van der Waals surface area contributed by atoms with E-state index in [1.54, 1.807) is 0 Å². The summed E-state index contributed by atoms with van der Waals surface area (Å²) >= 11 is 0. The second-order valence-corrected chi connectivity index (χ2v) is 10.6. The van der Waals surface area contributed by atoms with Gasteiger partial charge in [-0.3, -0.25) is 0 Å². The van der Waals surface area contributed by atoms with Gasteiger partial charge in [0.15, 0.2) is 5.79 Å². The van der Waals surface area contributed by atoms with Crippen molar-refractivity contribution < 1.29 is 14.2 Å². The lowest BCUT2D eigenvalue weighted by Gasteiger charge is -2.15. The minimum atomic E-state index is -1.26. The van der Waals surface area contributed by atoms with Crippen molar-refractivity contribution in [3.63, 3.8) is 0 Å². The summed E-state index contributed by atoms with van der Waals surface area (Å²) in [4.78, 5) is 0. The van der Waals surface area contributed by atoms with E-state index in [0.29, 0.717) is 19.8 Å². The van der Waals surface area contributed by atoms with Crippen LogP contribution in [0.1, 0.15) is 13.8 Å². The Morgan fingerprint density at radius 1 is 1.39 bits per heavy atom. The lowest BCUT2D eigenvalue weighted by molar-refractivity contribution is -0.133. The summed E-state index contributed by atoms with van der Waals surface area (Å²) in [5.41, 5.74) is 3.26. The maximum absolute atomic E-state index is 5.63. The highest BCUT2D eigenvalue weighted by Gasteiger charge is 2.30. The SMILES string of the molecule is CC1(C)OC[C@H](/C=C\COCC#C[Si](C)(C)C)O1. The summed E-state index contributed by atoms with van der Waals surface area (Å²) in [5.74, 6) is 2.61. The lowest BCUT2D eigenvalue weighted by Crippen LogP contribution is -2.20. The summed E-state index contributed by atoms with van der Waals surface area (Å²) in [6.07, 6.45) is 3.99. The van der Waals surface area contributed by atoms with Crippen LogP contribution in [-0.4, -0.2) is 39.8 Å². The van der Waals surface area contributed by atoms with Gasteiger partial charge in [-0.05, 0) is 13.8 Å². The second-order valence-electron chi connectivity index (χ2n) is 5.86. The fourth-order valence-electron chi connectivity index (χ4n) is 1.50. The van der Waals surface area contributed by atoms with Crippen LogP contribution in [0.3, 0.4) is 0 Å². The van der Waals surface area contributed by atoms with Gasteiger partial charge < -0.3 is 14.2 Å². The third-order valence-corrected chi connectivity index (χ3v) is 3.16. The van der Waals surface area contributed by atoms with Crippen molar-refractivity contribution in [2.45, 2.75) is 45.4 Å². The maximum atomic E-state index is 5.63. The van der Waals surface area contributed by atoms with E-state index in [1.165, 1.54) is 0 Å². The van der Waals surface area contributed by atoms with Gasteiger partial charge in [0.25, 0.3) is 0 Å². The molecule has 0 unspecified atom stereocenters. The molecule has 0 spiro atoms. The Kier molecular flexibility index (Phi) is 5.61. The summed E-state index contributed by atoms with van der Waals surface area (Å²) in [7, 11) is -1.26. The molecule has 0 radical (unpaired) electrons. The maximum Gasteiger partial charge on any atom is 0.163 e. The van der Waals surface area contributed by atoms with Crippen LogP contribution in [0, 0.1) is 11.5 Å². The quantitative estimate of drug-likeness (QED) is 0.339. The molecule has 1 saturated heterocycles. The summed E-state index contributed by atoms with van der Waals surface area (Å²) < 4.78 is 16.5. The fourth-order valence-corrected chi connectivity index (χ4v) is 2.10. The van der Waals surface area contributed by atoms with Crippen LogP contribution >= 0.6 is 0 Å². The van der Waals surface area contributed by atoms with Crippen molar-refractivity contribution >= 4 is 8.07 Å².